The Bertz CT molecular complexity index is 1220. The van der Waals surface area contributed by atoms with Gasteiger partial charge in [-0.3, -0.25) is 4.79 Å². The molecule has 1 aliphatic heterocycles. The number of carbonyl (C=O) groups is 2. The van der Waals surface area contributed by atoms with E-state index >= 15 is 0 Å². The highest BCUT2D eigenvalue weighted by Gasteiger charge is 2.31. The highest BCUT2D eigenvalue weighted by molar-refractivity contribution is 5.96. The van der Waals surface area contributed by atoms with Crippen molar-refractivity contribution in [2.24, 2.45) is 0 Å². The number of aliphatic carboxylic acids is 1. The van der Waals surface area contributed by atoms with Gasteiger partial charge in [-0.05, 0) is 63.6 Å². The SMILES string of the molecule is Cc1oc2cc3oc(=O)c(CCC(=O)N4CCCC[C@H]4C(=O)O)c(C)c3cc2c1C. The van der Waals surface area contributed by atoms with Crippen molar-refractivity contribution in [2.75, 3.05) is 6.54 Å². The van der Waals surface area contributed by atoms with E-state index in [0.717, 1.165) is 40.5 Å². The molecular weight excluding hydrogens is 386 g/mol. The van der Waals surface area contributed by atoms with Gasteiger partial charge in [-0.25, -0.2) is 9.59 Å². The first-order valence-corrected chi connectivity index (χ1v) is 10.3. The fourth-order valence-corrected chi connectivity index (χ4v) is 4.38. The Hall–Kier alpha value is -3.09. The van der Waals surface area contributed by atoms with E-state index in [0.29, 0.717) is 29.7 Å². The average molecular weight is 411 g/mol. The molecule has 1 aliphatic rings. The number of benzene rings is 1. The smallest absolute Gasteiger partial charge is 0.339 e. The summed E-state index contributed by atoms with van der Waals surface area (Å²) in [6.07, 6.45) is 2.36. The lowest BCUT2D eigenvalue weighted by atomic mass is 9.98. The number of carbonyl (C=O) groups excluding carboxylic acids is 1. The van der Waals surface area contributed by atoms with Crippen LogP contribution in [0.5, 0.6) is 0 Å². The summed E-state index contributed by atoms with van der Waals surface area (Å²) in [5, 5.41) is 11.2. The van der Waals surface area contributed by atoms with Gasteiger partial charge in [-0.15, -0.1) is 0 Å². The molecule has 2 aromatic heterocycles. The first-order valence-electron chi connectivity index (χ1n) is 10.3. The molecule has 158 valence electrons. The van der Waals surface area contributed by atoms with Crippen molar-refractivity contribution >= 4 is 33.8 Å². The molecule has 1 fully saturated rings. The summed E-state index contributed by atoms with van der Waals surface area (Å²) in [5.41, 5.74) is 2.93. The molecule has 3 aromatic rings. The number of hydrogen-bond donors (Lipinski definition) is 1. The van der Waals surface area contributed by atoms with Crippen molar-refractivity contribution in [3.63, 3.8) is 0 Å². The summed E-state index contributed by atoms with van der Waals surface area (Å²) >= 11 is 0. The van der Waals surface area contributed by atoms with Crippen molar-refractivity contribution in [3.05, 3.63) is 45.0 Å². The van der Waals surface area contributed by atoms with E-state index in [-0.39, 0.29) is 18.7 Å². The van der Waals surface area contributed by atoms with E-state index in [2.05, 4.69) is 0 Å². The van der Waals surface area contributed by atoms with Gasteiger partial charge in [0.15, 0.2) is 0 Å². The van der Waals surface area contributed by atoms with Gasteiger partial charge >= 0.3 is 11.6 Å². The molecule has 1 saturated heterocycles. The molecule has 30 heavy (non-hydrogen) atoms. The third-order valence-electron chi connectivity index (χ3n) is 6.28. The maximum Gasteiger partial charge on any atom is 0.339 e. The van der Waals surface area contributed by atoms with Crippen LogP contribution in [0.4, 0.5) is 0 Å². The van der Waals surface area contributed by atoms with Crippen LogP contribution < -0.4 is 5.63 Å². The topological polar surface area (TPSA) is 101 Å². The summed E-state index contributed by atoms with van der Waals surface area (Å²) in [5.74, 6) is -0.391. The van der Waals surface area contributed by atoms with Gasteiger partial charge in [0.1, 0.15) is 23.0 Å². The second kappa shape index (κ2) is 7.63. The van der Waals surface area contributed by atoms with Gasteiger partial charge in [0.05, 0.1) is 0 Å². The van der Waals surface area contributed by atoms with Crippen LogP contribution in [-0.4, -0.2) is 34.5 Å². The molecule has 0 unspecified atom stereocenters. The number of carboxylic acids is 1. The molecular formula is C23H25NO6. The molecule has 1 aromatic carbocycles. The number of likely N-dealkylation sites (tertiary alicyclic amines) is 1. The van der Waals surface area contributed by atoms with E-state index in [4.69, 9.17) is 8.83 Å². The van der Waals surface area contributed by atoms with E-state index < -0.39 is 17.6 Å². The van der Waals surface area contributed by atoms with Crippen molar-refractivity contribution in [3.8, 4) is 0 Å². The molecule has 3 heterocycles. The summed E-state index contributed by atoms with van der Waals surface area (Å²) in [7, 11) is 0. The first-order chi connectivity index (χ1) is 14.3. The Morgan fingerprint density at radius 3 is 2.50 bits per heavy atom. The standard InChI is InChI=1S/C23H25NO6/c1-12-14(3)29-19-11-20-17(10-16(12)19)13(2)15(23(28)30-20)7-8-21(25)24-9-5-4-6-18(24)22(26)27/h10-11,18H,4-9H2,1-3H3,(H,26,27)/t18-/m0/s1. The molecule has 1 amide bonds. The third-order valence-corrected chi connectivity index (χ3v) is 6.28. The Morgan fingerprint density at radius 2 is 1.77 bits per heavy atom. The van der Waals surface area contributed by atoms with Gasteiger partial charge in [0.2, 0.25) is 5.91 Å². The lowest BCUT2D eigenvalue weighted by Gasteiger charge is -2.33. The molecule has 0 spiro atoms. The van der Waals surface area contributed by atoms with Crippen LogP contribution in [0.15, 0.2) is 25.8 Å². The molecule has 7 heteroatoms. The third kappa shape index (κ3) is 3.38. The molecule has 1 atom stereocenters. The average Bonchev–Trinajstić information content (AvgIpc) is 2.99. The number of piperidine rings is 1. The fraction of sp³-hybridized carbons (Fsp3) is 0.435. The van der Waals surface area contributed by atoms with Crippen molar-refractivity contribution in [2.45, 2.75) is 58.9 Å². The first kappa shape index (κ1) is 20.2. The monoisotopic (exact) mass is 411 g/mol. The van der Waals surface area contributed by atoms with Crippen LogP contribution in [0.1, 0.15) is 48.1 Å². The zero-order chi connectivity index (χ0) is 21.6. The van der Waals surface area contributed by atoms with Gasteiger partial charge in [0.25, 0.3) is 0 Å². The molecule has 7 nitrogen and oxygen atoms in total. The molecule has 0 bridgehead atoms. The highest BCUT2D eigenvalue weighted by atomic mass is 16.4. The Morgan fingerprint density at radius 1 is 1.07 bits per heavy atom. The molecule has 1 N–H and O–H groups in total. The summed E-state index contributed by atoms with van der Waals surface area (Å²) < 4.78 is 11.3. The largest absolute Gasteiger partial charge is 0.480 e. The summed E-state index contributed by atoms with van der Waals surface area (Å²) in [6.45, 7) is 6.18. The van der Waals surface area contributed by atoms with Gasteiger partial charge in [-0.2, -0.15) is 0 Å². The van der Waals surface area contributed by atoms with Crippen LogP contribution in [0, 0.1) is 20.8 Å². The van der Waals surface area contributed by atoms with Crippen LogP contribution >= 0.6 is 0 Å². The van der Waals surface area contributed by atoms with E-state index in [1.54, 1.807) is 6.07 Å². The Kier molecular flexibility index (Phi) is 5.13. The number of furan rings is 1. The Balaban J connectivity index is 1.64. The predicted molar refractivity (Wildman–Crippen MR) is 112 cm³/mol. The lowest BCUT2D eigenvalue weighted by molar-refractivity contribution is -0.152. The van der Waals surface area contributed by atoms with Crippen LogP contribution in [0.2, 0.25) is 0 Å². The normalized spacial score (nSPS) is 17.0. The minimum Gasteiger partial charge on any atom is -0.480 e. The summed E-state index contributed by atoms with van der Waals surface area (Å²) in [4.78, 5) is 38.2. The van der Waals surface area contributed by atoms with E-state index in [1.807, 2.05) is 26.8 Å². The number of rotatable bonds is 4. The second-order valence-electron chi connectivity index (χ2n) is 8.06. The zero-order valence-corrected chi connectivity index (χ0v) is 17.4. The minimum absolute atomic E-state index is 0.0764. The minimum atomic E-state index is -0.973. The van der Waals surface area contributed by atoms with Crippen molar-refractivity contribution < 1.29 is 23.5 Å². The quantitative estimate of drug-likeness (QED) is 0.654. The number of aryl methyl sites for hydroxylation is 3. The zero-order valence-electron chi connectivity index (χ0n) is 17.4. The van der Waals surface area contributed by atoms with Gasteiger partial charge in [0, 0.05) is 35.4 Å². The number of carboxylic acid groups (broad SMARTS) is 1. The maximum atomic E-state index is 12.7. The highest BCUT2D eigenvalue weighted by Crippen LogP contribution is 2.31. The predicted octanol–water partition coefficient (Wildman–Crippen LogP) is 3.86. The molecule has 0 saturated carbocycles. The maximum absolute atomic E-state index is 12.7. The van der Waals surface area contributed by atoms with Gasteiger partial charge in [-0.1, -0.05) is 0 Å². The van der Waals surface area contributed by atoms with Crippen LogP contribution in [-0.2, 0) is 16.0 Å². The number of amides is 1. The lowest BCUT2D eigenvalue weighted by Crippen LogP contribution is -2.48. The Labute approximate surface area is 173 Å². The van der Waals surface area contributed by atoms with E-state index in [9.17, 15) is 19.5 Å². The second-order valence-corrected chi connectivity index (χ2v) is 8.06. The number of hydrogen-bond acceptors (Lipinski definition) is 5. The van der Waals surface area contributed by atoms with Crippen molar-refractivity contribution in [1.29, 1.82) is 0 Å². The van der Waals surface area contributed by atoms with Gasteiger partial charge < -0.3 is 18.8 Å². The molecule has 0 aliphatic carbocycles. The van der Waals surface area contributed by atoms with E-state index in [1.165, 1.54) is 4.90 Å². The van der Waals surface area contributed by atoms with Crippen LogP contribution in [0.3, 0.4) is 0 Å². The van der Waals surface area contributed by atoms with Crippen molar-refractivity contribution in [1.82, 2.24) is 4.90 Å². The molecule has 0 radical (unpaired) electrons. The fourth-order valence-electron chi connectivity index (χ4n) is 4.38. The van der Waals surface area contributed by atoms with Crippen LogP contribution in [0.25, 0.3) is 21.9 Å². The summed E-state index contributed by atoms with van der Waals surface area (Å²) in [6, 6.07) is 2.92. The number of nitrogens with zero attached hydrogens (tertiary/aromatic N) is 1. The molecule has 4 rings (SSSR count). The number of fused-ring (bicyclic) bond motifs is 2.